The van der Waals surface area contributed by atoms with Gasteiger partial charge in [0.1, 0.15) is 49.4 Å². The molecular formula is C18H57BiN3Si6. The second-order valence-corrected chi connectivity index (χ2v) is 43.9. The zero-order chi connectivity index (χ0) is 23.1. The Kier molecular flexibility index (Phi) is 18.1. The molecule has 0 aliphatic heterocycles. The molecule has 0 aromatic rings. The SMILES string of the molecule is C[Si](C)(C)N[Si](C)(C)C.C[Si](C)(C)N[Si](C)(C)C.C[Si](C)(C)N[Si](C)(C)C.[Bi]. The Balaban J connectivity index is -0.000000152. The summed E-state index contributed by atoms with van der Waals surface area (Å²) in [5.74, 6) is 0. The van der Waals surface area contributed by atoms with E-state index in [0.717, 1.165) is 0 Å². The second-order valence-electron chi connectivity index (χ2n) is 13.9. The van der Waals surface area contributed by atoms with Crippen LogP contribution in [-0.2, 0) is 0 Å². The first-order valence-electron chi connectivity index (χ1n) is 10.5. The van der Waals surface area contributed by atoms with Crippen molar-refractivity contribution in [2.24, 2.45) is 0 Å². The van der Waals surface area contributed by atoms with Gasteiger partial charge in [-0.1, -0.05) is 118 Å². The molecule has 3 nitrogen and oxygen atoms in total. The first-order chi connectivity index (χ1) is 11.1. The van der Waals surface area contributed by atoms with Crippen LogP contribution in [-0.4, -0.2) is 75.6 Å². The topological polar surface area (TPSA) is 36.1 Å². The van der Waals surface area contributed by atoms with Crippen LogP contribution in [0.1, 0.15) is 0 Å². The number of rotatable bonds is 6. The third kappa shape index (κ3) is 51.1. The molecule has 0 atom stereocenters. The van der Waals surface area contributed by atoms with Gasteiger partial charge in [-0.2, -0.15) is 0 Å². The Morgan fingerprint density at radius 1 is 0.250 bits per heavy atom. The normalized spacial score (nSPS) is 13.5. The summed E-state index contributed by atoms with van der Waals surface area (Å²) in [7, 11) is -5.89. The molecule has 0 rings (SSSR count). The molecule has 0 saturated carbocycles. The predicted molar refractivity (Wildman–Crippen MR) is 155 cm³/mol. The van der Waals surface area contributed by atoms with Crippen LogP contribution >= 0.6 is 0 Å². The summed E-state index contributed by atoms with van der Waals surface area (Å²) >= 11 is 0. The van der Waals surface area contributed by atoms with Crippen molar-refractivity contribution in [3.63, 3.8) is 0 Å². The number of hydrogen-bond acceptors (Lipinski definition) is 3. The van der Waals surface area contributed by atoms with E-state index >= 15 is 0 Å². The molecule has 0 spiro atoms. The van der Waals surface area contributed by atoms with E-state index in [4.69, 9.17) is 0 Å². The van der Waals surface area contributed by atoms with Gasteiger partial charge < -0.3 is 13.9 Å². The maximum Gasteiger partial charge on any atom is 0.109 e. The van der Waals surface area contributed by atoms with Crippen LogP contribution < -0.4 is 13.9 Å². The van der Waals surface area contributed by atoms with Gasteiger partial charge in [-0.3, -0.25) is 0 Å². The molecule has 3 radical (unpaired) electrons. The van der Waals surface area contributed by atoms with E-state index in [1.807, 2.05) is 0 Å². The third-order valence-electron chi connectivity index (χ3n) is 2.25. The molecule has 0 aromatic carbocycles. The van der Waals surface area contributed by atoms with Crippen molar-refractivity contribution in [1.82, 2.24) is 13.9 Å². The zero-order valence-electron chi connectivity index (χ0n) is 22.9. The third-order valence-corrected chi connectivity index (χ3v) is 20.2. The molecule has 0 heterocycles. The van der Waals surface area contributed by atoms with E-state index in [0.29, 0.717) is 0 Å². The van der Waals surface area contributed by atoms with Crippen LogP contribution in [0, 0.1) is 0 Å². The molecule has 10 heteroatoms. The van der Waals surface area contributed by atoms with Crippen LogP contribution in [0.4, 0.5) is 0 Å². The van der Waals surface area contributed by atoms with E-state index in [-0.39, 0.29) is 26.2 Å². The molecule has 0 aromatic heterocycles. The quantitative estimate of drug-likeness (QED) is 0.284. The summed E-state index contributed by atoms with van der Waals surface area (Å²) in [6, 6.07) is 0. The molecule has 0 saturated heterocycles. The van der Waals surface area contributed by atoms with Crippen molar-refractivity contribution in [3.8, 4) is 0 Å². The Bertz CT molecular complexity index is 297. The molecule has 28 heavy (non-hydrogen) atoms. The Labute approximate surface area is 206 Å². The van der Waals surface area contributed by atoms with Gasteiger partial charge in [0.15, 0.2) is 0 Å². The van der Waals surface area contributed by atoms with Gasteiger partial charge in [0, 0.05) is 26.2 Å². The summed E-state index contributed by atoms with van der Waals surface area (Å²) in [6.07, 6.45) is 0. The molecule has 3 N–H and O–H groups in total. The summed E-state index contributed by atoms with van der Waals surface area (Å²) in [5.41, 5.74) is 0. The molecule has 0 amide bonds. The van der Waals surface area contributed by atoms with Crippen LogP contribution in [0.15, 0.2) is 0 Å². The van der Waals surface area contributed by atoms with Crippen molar-refractivity contribution in [2.75, 3.05) is 0 Å². The fourth-order valence-corrected chi connectivity index (χ4v) is 30.4. The first-order valence-corrected chi connectivity index (χ1v) is 31.5. The molecule has 0 aliphatic rings. The molecule has 0 unspecified atom stereocenters. The second kappa shape index (κ2) is 13.6. The minimum atomic E-state index is -0.981. The molecular weight excluding hydrogens is 636 g/mol. The minimum Gasteiger partial charge on any atom is -0.360 e. The van der Waals surface area contributed by atoms with Crippen LogP contribution in [0.3, 0.4) is 0 Å². The summed E-state index contributed by atoms with van der Waals surface area (Å²) < 4.78 is 11.2. The van der Waals surface area contributed by atoms with E-state index in [9.17, 15) is 0 Å². The van der Waals surface area contributed by atoms with Crippen molar-refractivity contribution >= 4 is 75.6 Å². The molecule has 0 aliphatic carbocycles. The maximum absolute atomic E-state index is 3.74. The van der Waals surface area contributed by atoms with Gasteiger partial charge in [0.25, 0.3) is 0 Å². The maximum atomic E-state index is 3.74. The number of nitrogens with one attached hydrogen (secondary N) is 3. The Morgan fingerprint density at radius 3 is 0.321 bits per heavy atom. The van der Waals surface area contributed by atoms with E-state index in [1.54, 1.807) is 0 Å². The Morgan fingerprint density at radius 2 is 0.321 bits per heavy atom. The van der Waals surface area contributed by atoms with Crippen LogP contribution in [0.25, 0.3) is 0 Å². The van der Waals surface area contributed by atoms with Crippen LogP contribution in [0.5, 0.6) is 0 Å². The van der Waals surface area contributed by atoms with Gasteiger partial charge in [0.05, 0.1) is 0 Å². The molecule has 0 fully saturated rings. The first kappa shape index (κ1) is 37.4. The van der Waals surface area contributed by atoms with Crippen molar-refractivity contribution < 1.29 is 0 Å². The van der Waals surface area contributed by atoms with Crippen molar-refractivity contribution in [1.29, 1.82) is 0 Å². The number of hydrogen-bond donors (Lipinski definition) is 3. The largest absolute Gasteiger partial charge is 0.360 e. The summed E-state index contributed by atoms with van der Waals surface area (Å²) in [6.45, 7) is 42.3. The monoisotopic (exact) mass is 692 g/mol. The van der Waals surface area contributed by atoms with E-state index in [1.165, 1.54) is 0 Å². The van der Waals surface area contributed by atoms with Gasteiger partial charge in [0.2, 0.25) is 0 Å². The van der Waals surface area contributed by atoms with Crippen molar-refractivity contribution in [3.05, 3.63) is 0 Å². The summed E-state index contributed by atoms with van der Waals surface area (Å²) in [5, 5.41) is 0. The average molecular weight is 693 g/mol. The molecule has 0 bridgehead atoms. The molecule has 173 valence electrons. The van der Waals surface area contributed by atoms with Crippen molar-refractivity contribution in [2.45, 2.75) is 118 Å². The minimum absolute atomic E-state index is 0. The summed E-state index contributed by atoms with van der Waals surface area (Å²) in [4.78, 5) is 0. The smallest absolute Gasteiger partial charge is 0.109 e. The zero-order valence-corrected chi connectivity index (χ0v) is 32.4. The van der Waals surface area contributed by atoms with Gasteiger partial charge in [-0.05, 0) is 0 Å². The predicted octanol–water partition coefficient (Wildman–Crippen LogP) is 6.36. The van der Waals surface area contributed by atoms with Gasteiger partial charge in [-0.15, -0.1) is 0 Å². The van der Waals surface area contributed by atoms with Gasteiger partial charge in [-0.25, -0.2) is 0 Å². The van der Waals surface area contributed by atoms with Crippen LogP contribution in [0.2, 0.25) is 118 Å². The van der Waals surface area contributed by atoms with Gasteiger partial charge >= 0.3 is 0 Å². The van der Waals surface area contributed by atoms with E-state index < -0.39 is 49.4 Å². The van der Waals surface area contributed by atoms with E-state index in [2.05, 4.69) is 132 Å². The Hall–Kier alpha value is 2.06. The average Bonchev–Trinajstić information content (AvgIpc) is 1.96. The fourth-order valence-electron chi connectivity index (χ4n) is 3.38. The fraction of sp³-hybridized carbons (Fsp3) is 1.00. The standard InChI is InChI=1S/3C6H19NSi2.Bi/c3*1-8(2,3)7-9(4,5)6;/h3*7H,1-6H3;.